The van der Waals surface area contributed by atoms with Crippen molar-refractivity contribution in [2.45, 2.75) is 13.8 Å². The van der Waals surface area contributed by atoms with Crippen LogP contribution in [0.1, 0.15) is 11.1 Å². The number of para-hydroxylation sites is 1. The lowest BCUT2D eigenvalue weighted by atomic mass is 10.1. The Morgan fingerprint density at radius 1 is 0.815 bits per heavy atom. The molecule has 2 aromatic carbocycles. The third-order valence-electron chi connectivity index (χ3n) is 5.11. The van der Waals surface area contributed by atoms with E-state index >= 15 is 0 Å². The number of aromatic nitrogens is 2. The number of aryl methyl sites for hydroxylation is 2. The molecule has 0 spiro atoms. The van der Waals surface area contributed by atoms with Gasteiger partial charge in [-0.3, -0.25) is 0 Å². The summed E-state index contributed by atoms with van der Waals surface area (Å²) in [5.41, 5.74) is 4.89. The first-order valence-electron chi connectivity index (χ1n) is 9.41. The van der Waals surface area contributed by atoms with E-state index in [2.05, 4.69) is 82.5 Å². The quantitative estimate of drug-likeness (QED) is 0.758. The van der Waals surface area contributed by atoms with Gasteiger partial charge in [0.05, 0.1) is 0 Å². The van der Waals surface area contributed by atoms with Gasteiger partial charge in [0.2, 0.25) is 5.95 Å². The van der Waals surface area contributed by atoms with E-state index in [-0.39, 0.29) is 0 Å². The summed E-state index contributed by atoms with van der Waals surface area (Å²) < 4.78 is 0. The Hall–Kier alpha value is -3.08. The summed E-state index contributed by atoms with van der Waals surface area (Å²) in [5.74, 6) is 1.62. The summed E-state index contributed by atoms with van der Waals surface area (Å²) in [6.07, 6.45) is 1.83. The van der Waals surface area contributed by atoms with Gasteiger partial charge in [0.1, 0.15) is 5.82 Å². The van der Waals surface area contributed by atoms with E-state index in [1.807, 2.05) is 12.3 Å². The van der Waals surface area contributed by atoms with Crippen LogP contribution in [0.5, 0.6) is 0 Å². The van der Waals surface area contributed by atoms with Crippen molar-refractivity contribution in [3.8, 4) is 0 Å². The van der Waals surface area contributed by atoms with Gasteiger partial charge in [-0.05, 0) is 55.3 Å². The molecule has 2 heterocycles. The van der Waals surface area contributed by atoms with Crippen molar-refractivity contribution in [2.75, 3.05) is 41.3 Å². The fourth-order valence-electron chi connectivity index (χ4n) is 3.34. The Kier molecular flexibility index (Phi) is 4.92. The minimum absolute atomic E-state index is 0.788. The second-order valence-electron chi connectivity index (χ2n) is 6.98. The average Bonchev–Trinajstić information content (AvgIpc) is 2.72. The summed E-state index contributed by atoms with van der Waals surface area (Å²) in [4.78, 5) is 13.9. The van der Waals surface area contributed by atoms with E-state index < -0.39 is 0 Å². The molecule has 27 heavy (non-hydrogen) atoms. The highest BCUT2D eigenvalue weighted by molar-refractivity contribution is 5.59. The Labute approximate surface area is 160 Å². The zero-order valence-corrected chi connectivity index (χ0v) is 15.9. The van der Waals surface area contributed by atoms with Crippen LogP contribution in [0.4, 0.5) is 23.1 Å². The van der Waals surface area contributed by atoms with Gasteiger partial charge < -0.3 is 15.1 Å². The predicted octanol–water partition coefficient (Wildman–Crippen LogP) is 4.16. The lowest BCUT2D eigenvalue weighted by Crippen LogP contribution is -2.47. The Balaban J connectivity index is 1.43. The SMILES string of the molecule is Cc1ccc(Nc2ccnc(N3CCN(c4ccccc4)CC3)n2)cc1C. The Morgan fingerprint density at radius 3 is 2.30 bits per heavy atom. The van der Waals surface area contributed by atoms with Gasteiger partial charge in [-0.1, -0.05) is 24.3 Å². The predicted molar refractivity (Wildman–Crippen MR) is 112 cm³/mol. The molecule has 0 atom stereocenters. The molecule has 1 N–H and O–H groups in total. The van der Waals surface area contributed by atoms with Crippen molar-refractivity contribution in [3.63, 3.8) is 0 Å². The number of hydrogen-bond donors (Lipinski definition) is 1. The number of nitrogens with one attached hydrogen (secondary N) is 1. The summed E-state index contributed by atoms with van der Waals surface area (Å²) in [6.45, 7) is 8.03. The zero-order valence-electron chi connectivity index (χ0n) is 15.9. The van der Waals surface area contributed by atoms with Crippen LogP contribution in [0.25, 0.3) is 0 Å². The van der Waals surface area contributed by atoms with Crippen LogP contribution in [-0.2, 0) is 0 Å². The van der Waals surface area contributed by atoms with Gasteiger partial charge in [0.25, 0.3) is 0 Å². The zero-order chi connectivity index (χ0) is 18.6. The average molecular weight is 359 g/mol. The van der Waals surface area contributed by atoms with E-state index in [1.54, 1.807) is 0 Å². The highest BCUT2D eigenvalue weighted by Gasteiger charge is 2.19. The molecule has 1 aromatic heterocycles. The largest absolute Gasteiger partial charge is 0.368 e. The molecule has 4 rings (SSSR count). The molecule has 0 bridgehead atoms. The maximum absolute atomic E-state index is 4.73. The standard InChI is InChI=1S/C22H25N5/c1-17-8-9-19(16-18(17)2)24-21-10-11-23-22(25-21)27-14-12-26(13-15-27)20-6-4-3-5-7-20/h3-11,16H,12-15H2,1-2H3,(H,23,24,25). The lowest BCUT2D eigenvalue weighted by molar-refractivity contribution is 0.640. The van der Waals surface area contributed by atoms with Crippen LogP contribution in [0.2, 0.25) is 0 Å². The molecule has 5 heteroatoms. The van der Waals surface area contributed by atoms with Gasteiger partial charge >= 0.3 is 0 Å². The molecule has 1 fully saturated rings. The fraction of sp³-hybridized carbons (Fsp3) is 0.273. The molecular formula is C22H25N5. The van der Waals surface area contributed by atoms with E-state index in [0.29, 0.717) is 0 Å². The van der Waals surface area contributed by atoms with Crippen molar-refractivity contribution in [1.29, 1.82) is 0 Å². The second kappa shape index (κ2) is 7.66. The van der Waals surface area contributed by atoms with E-state index in [0.717, 1.165) is 43.6 Å². The molecule has 0 aliphatic carbocycles. The fourth-order valence-corrected chi connectivity index (χ4v) is 3.34. The number of hydrogen-bond acceptors (Lipinski definition) is 5. The smallest absolute Gasteiger partial charge is 0.227 e. The number of rotatable bonds is 4. The molecule has 3 aromatic rings. The molecule has 138 valence electrons. The van der Waals surface area contributed by atoms with E-state index in [9.17, 15) is 0 Å². The molecular weight excluding hydrogens is 334 g/mol. The van der Waals surface area contributed by atoms with Crippen molar-refractivity contribution >= 4 is 23.1 Å². The number of piperazine rings is 1. The maximum Gasteiger partial charge on any atom is 0.227 e. The third kappa shape index (κ3) is 4.03. The first kappa shape index (κ1) is 17.3. The Bertz CT molecular complexity index is 902. The lowest BCUT2D eigenvalue weighted by Gasteiger charge is -2.36. The molecule has 5 nitrogen and oxygen atoms in total. The molecule has 1 aliphatic heterocycles. The number of benzene rings is 2. The first-order chi connectivity index (χ1) is 13.2. The third-order valence-corrected chi connectivity index (χ3v) is 5.11. The molecule has 0 saturated carbocycles. The van der Waals surface area contributed by atoms with Gasteiger partial charge in [-0.2, -0.15) is 4.98 Å². The minimum Gasteiger partial charge on any atom is -0.368 e. The number of nitrogens with zero attached hydrogens (tertiary/aromatic N) is 4. The van der Waals surface area contributed by atoms with Crippen LogP contribution in [0.15, 0.2) is 60.8 Å². The molecule has 1 aliphatic rings. The van der Waals surface area contributed by atoms with Gasteiger partial charge in [-0.25, -0.2) is 4.98 Å². The topological polar surface area (TPSA) is 44.3 Å². The van der Waals surface area contributed by atoms with Gasteiger partial charge in [0, 0.05) is 43.8 Å². The van der Waals surface area contributed by atoms with Crippen LogP contribution in [0.3, 0.4) is 0 Å². The van der Waals surface area contributed by atoms with Crippen molar-refractivity contribution in [1.82, 2.24) is 9.97 Å². The van der Waals surface area contributed by atoms with Crippen molar-refractivity contribution in [3.05, 3.63) is 71.9 Å². The Morgan fingerprint density at radius 2 is 1.56 bits per heavy atom. The van der Waals surface area contributed by atoms with Crippen LogP contribution in [0, 0.1) is 13.8 Å². The van der Waals surface area contributed by atoms with Crippen molar-refractivity contribution in [2.24, 2.45) is 0 Å². The first-order valence-corrected chi connectivity index (χ1v) is 9.41. The molecule has 0 unspecified atom stereocenters. The van der Waals surface area contributed by atoms with E-state index in [4.69, 9.17) is 4.98 Å². The summed E-state index contributed by atoms with van der Waals surface area (Å²) in [5, 5.41) is 3.40. The molecule has 0 radical (unpaired) electrons. The van der Waals surface area contributed by atoms with E-state index in [1.165, 1.54) is 16.8 Å². The summed E-state index contributed by atoms with van der Waals surface area (Å²) in [6, 6.07) is 18.8. The molecule has 0 amide bonds. The number of anilines is 4. The van der Waals surface area contributed by atoms with Crippen LogP contribution >= 0.6 is 0 Å². The normalized spacial score (nSPS) is 14.3. The summed E-state index contributed by atoms with van der Waals surface area (Å²) in [7, 11) is 0. The highest BCUT2D eigenvalue weighted by atomic mass is 15.3. The van der Waals surface area contributed by atoms with Gasteiger partial charge in [0.15, 0.2) is 0 Å². The monoisotopic (exact) mass is 359 g/mol. The van der Waals surface area contributed by atoms with Crippen molar-refractivity contribution < 1.29 is 0 Å². The second-order valence-corrected chi connectivity index (χ2v) is 6.98. The van der Waals surface area contributed by atoms with Crippen LogP contribution in [-0.4, -0.2) is 36.1 Å². The highest BCUT2D eigenvalue weighted by Crippen LogP contribution is 2.21. The van der Waals surface area contributed by atoms with Crippen LogP contribution < -0.4 is 15.1 Å². The summed E-state index contributed by atoms with van der Waals surface area (Å²) >= 11 is 0. The minimum atomic E-state index is 0.788. The molecule has 1 saturated heterocycles. The maximum atomic E-state index is 4.73. The van der Waals surface area contributed by atoms with Gasteiger partial charge in [-0.15, -0.1) is 0 Å².